The summed E-state index contributed by atoms with van der Waals surface area (Å²) in [5.41, 5.74) is -5.09. The summed E-state index contributed by atoms with van der Waals surface area (Å²) in [6, 6.07) is 0.268. The monoisotopic (exact) mass is 363 g/mol. The summed E-state index contributed by atoms with van der Waals surface area (Å²) in [6.45, 7) is -2.33. The molecule has 2 rings (SSSR count). The second kappa shape index (κ2) is 6.21. The molecule has 0 amide bonds. The third kappa shape index (κ3) is 2.77. The van der Waals surface area contributed by atoms with Gasteiger partial charge in [0.25, 0.3) is 5.75 Å². The van der Waals surface area contributed by atoms with E-state index in [1.807, 2.05) is 0 Å². The minimum Gasteiger partial charge on any atom is -0.485 e. The van der Waals surface area contributed by atoms with Gasteiger partial charge in [-0.2, -0.15) is 13.5 Å². The first-order valence-corrected chi connectivity index (χ1v) is 6.27. The van der Waals surface area contributed by atoms with Crippen LogP contribution in [0.2, 0.25) is 0 Å². The lowest BCUT2D eigenvalue weighted by atomic mass is 10.2. The molecule has 0 atom stereocenters. The zero-order valence-electron chi connectivity index (χ0n) is 12.5. The van der Waals surface area contributed by atoms with E-state index >= 15 is 0 Å². The van der Waals surface area contributed by atoms with Crippen LogP contribution >= 0.6 is 0 Å². The molecule has 0 bridgehead atoms. The maximum Gasteiger partial charge on any atom is 0.355 e. The quantitative estimate of drug-likeness (QED) is 0.582. The number of aryl methyl sites for hydroxylation is 1. The molecule has 2 aromatic rings. The van der Waals surface area contributed by atoms with Crippen LogP contribution in [0.15, 0.2) is 10.9 Å². The first-order valence-electron chi connectivity index (χ1n) is 6.27. The Hall–Kier alpha value is -3.45. The smallest absolute Gasteiger partial charge is 0.355 e. The van der Waals surface area contributed by atoms with Crippen molar-refractivity contribution in [3.8, 4) is 11.4 Å². The van der Waals surface area contributed by atoms with Crippen LogP contribution in [0.25, 0.3) is 5.69 Å². The molecule has 1 heterocycles. The van der Waals surface area contributed by atoms with Gasteiger partial charge in [-0.3, -0.25) is 20.2 Å². The average Bonchev–Trinajstić information content (AvgIpc) is 2.80. The van der Waals surface area contributed by atoms with Crippen LogP contribution in [0, 0.1) is 33.0 Å². The van der Waals surface area contributed by atoms with Crippen molar-refractivity contribution in [2.75, 3.05) is 7.11 Å². The number of benzene rings is 1. The maximum absolute atomic E-state index is 14.3. The number of aromatic nitrogens is 3. The molecule has 134 valence electrons. The number of halogens is 3. The summed E-state index contributed by atoms with van der Waals surface area (Å²) in [4.78, 5) is 31.8. The molecule has 0 aliphatic rings. The van der Waals surface area contributed by atoms with Crippen molar-refractivity contribution in [1.82, 2.24) is 14.3 Å². The molecule has 1 aromatic carbocycles. The van der Waals surface area contributed by atoms with Gasteiger partial charge in [0.2, 0.25) is 0 Å². The molecule has 0 aliphatic heterocycles. The van der Waals surface area contributed by atoms with Crippen molar-refractivity contribution in [1.29, 1.82) is 0 Å². The van der Waals surface area contributed by atoms with Crippen LogP contribution in [0.1, 0.15) is 12.4 Å². The highest BCUT2D eigenvalue weighted by molar-refractivity contribution is 5.70. The Kier molecular flexibility index (Phi) is 4.45. The number of methoxy groups -OCH3 is 1. The Morgan fingerprint density at radius 2 is 1.88 bits per heavy atom. The minimum atomic E-state index is -3.33. The van der Waals surface area contributed by atoms with Gasteiger partial charge in [0.15, 0.2) is 11.5 Å². The predicted octanol–water partition coefficient (Wildman–Crippen LogP) is 1.70. The fourth-order valence-electron chi connectivity index (χ4n) is 2.15. The number of rotatable bonds is 5. The van der Waals surface area contributed by atoms with Gasteiger partial charge in [0.05, 0.1) is 23.0 Å². The van der Waals surface area contributed by atoms with Gasteiger partial charge in [0.1, 0.15) is 5.82 Å². The fraction of sp³-hybridized carbons (Fsp3) is 0.273. The summed E-state index contributed by atoms with van der Waals surface area (Å²) in [5, 5.41) is 25.6. The Bertz CT molecular complexity index is 937. The number of nitrogens with zero attached hydrogens (tertiary/aromatic N) is 5. The zero-order valence-corrected chi connectivity index (χ0v) is 12.5. The third-order valence-corrected chi connectivity index (χ3v) is 3.13. The molecule has 25 heavy (non-hydrogen) atoms. The highest BCUT2D eigenvalue weighted by Gasteiger charge is 2.37. The van der Waals surface area contributed by atoms with Crippen LogP contribution < -0.4 is 10.4 Å². The van der Waals surface area contributed by atoms with Crippen molar-refractivity contribution >= 4 is 11.4 Å². The van der Waals surface area contributed by atoms with Gasteiger partial charge in [-0.25, -0.2) is 13.8 Å². The largest absolute Gasteiger partial charge is 0.485 e. The van der Waals surface area contributed by atoms with E-state index in [1.165, 1.54) is 0 Å². The van der Waals surface area contributed by atoms with E-state index < -0.39 is 56.5 Å². The molecule has 0 saturated heterocycles. The third-order valence-electron chi connectivity index (χ3n) is 3.13. The van der Waals surface area contributed by atoms with Gasteiger partial charge in [-0.05, 0) is 6.92 Å². The van der Waals surface area contributed by atoms with Crippen molar-refractivity contribution in [3.63, 3.8) is 0 Å². The van der Waals surface area contributed by atoms with Gasteiger partial charge >= 0.3 is 23.6 Å². The highest BCUT2D eigenvalue weighted by Crippen LogP contribution is 2.42. The lowest BCUT2D eigenvalue weighted by Gasteiger charge is -2.08. The Morgan fingerprint density at radius 1 is 1.28 bits per heavy atom. The lowest BCUT2D eigenvalue weighted by Crippen LogP contribution is -2.26. The topological polar surface area (TPSA) is 135 Å². The summed E-state index contributed by atoms with van der Waals surface area (Å²) in [7, 11) is 0.850. The van der Waals surface area contributed by atoms with E-state index in [-0.39, 0.29) is 15.3 Å². The molecule has 0 unspecified atom stereocenters. The van der Waals surface area contributed by atoms with E-state index in [2.05, 4.69) is 9.84 Å². The van der Waals surface area contributed by atoms with Gasteiger partial charge in [-0.15, -0.1) is 5.10 Å². The fourth-order valence-corrected chi connectivity index (χ4v) is 2.15. The summed E-state index contributed by atoms with van der Waals surface area (Å²) in [5.74, 6) is -3.09. The number of nitro benzene ring substituents is 2. The van der Waals surface area contributed by atoms with Crippen LogP contribution in [0.5, 0.6) is 5.75 Å². The van der Waals surface area contributed by atoms with Crippen molar-refractivity contribution < 1.29 is 27.8 Å². The molecule has 0 N–H and O–H groups in total. The number of hydrogen-bond donors (Lipinski definition) is 0. The van der Waals surface area contributed by atoms with Crippen molar-refractivity contribution in [2.24, 2.45) is 0 Å². The molecule has 1 aromatic heterocycles. The average molecular weight is 363 g/mol. The molecule has 0 saturated carbocycles. The lowest BCUT2D eigenvalue weighted by molar-refractivity contribution is -0.396. The van der Waals surface area contributed by atoms with E-state index in [0.717, 1.165) is 14.0 Å². The first kappa shape index (κ1) is 17.9. The summed E-state index contributed by atoms with van der Waals surface area (Å²) >= 11 is 0. The van der Waals surface area contributed by atoms with Gasteiger partial charge < -0.3 is 4.74 Å². The maximum atomic E-state index is 14.3. The van der Waals surface area contributed by atoms with Crippen LogP contribution in [0.3, 0.4) is 0 Å². The molecule has 0 aliphatic carbocycles. The van der Waals surface area contributed by atoms with Crippen molar-refractivity contribution in [2.45, 2.75) is 13.5 Å². The molecular formula is C11H8F3N5O6. The molecule has 0 fully saturated rings. The number of ether oxygens (including phenoxy) is 1. The zero-order chi connectivity index (χ0) is 19.0. The highest BCUT2D eigenvalue weighted by atomic mass is 19.3. The van der Waals surface area contributed by atoms with E-state index in [9.17, 15) is 38.2 Å². The van der Waals surface area contributed by atoms with E-state index in [1.54, 1.807) is 0 Å². The molecule has 0 radical (unpaired) electrons. The minimum absolute atomic E-state index is 0.0290. The SMILES string of the molecule is COc1c([N+](=O)[O-])cc(F)c(-n2nc(C)n(C(F)F)c2=O)c1[N+](=O)[O-]. The van der Waals surface area contributed by atoms with Crippen LogP contribution in [-0.2, 0) is 0 Å². The predicted molar refractivity (Wildman–Crippen MR) is 73.6 cm³/mol. The second-order valence-corrected chi connectivity index (χ2v) is 4.51. The van der Waals surface area contributed by atoms with Crippen LogP contribution in [-0.4, -0.2) is 31.3 Å². The Balaban J connectivity index is 2.97. The summed E-state index contributed by atoms with van der Waals surface area (Å²) in [6.07, 6.45) is 0. The van der Waals surface area contributed by atoms with E-state index in [0.29, 0.717) is 0 Å². The van der Waals surface area contributed by atoms with Crippen LogP contribution in [0.4, 0.5) is 24.5 Å². The first-order chi connectivity index (χ1) is 11.6. The van der Waals surface area contributed by atoms with Crippen molar-refractivity contribution in [3.05, 3.63) is 48.4 Å². The molecule has 11 nitrogen and oxygen atoms in total. The Labute approximate surface area is 135 Å². The summed E-state index contributed by atoms with van der Waals surface area (Å²) < 4.78 is 44.5. The van der Waals surface area contributed by atoms with E-state index in [4.69, 9.17) is 0 Å². The van der Waals surface area contributed by atoms with Gasteiger partial charge in [-0.1, -0.05) is 0 Å². The number of alkyl halides is 2. The molecular weight excluding hydrogens is 355 g/mol. The molecule has 0 spiro atoms. The standard InChI is InChI=1S/C11H8F3N5O6/c1-4-15-17(11(20)16(4)10(13)14)7-5(12)3-6(18(21)22)9(25-2)8(7)19(23)24/h3,10H,1-2H3. The normalized spacial score (nSPS) is 11.0. The van der Waals surface area contributed by atoms with Gasteiger partial charge in [0, 0.05) is 0 Å². The number of nitro groups is 2. The Morgan fingerprint density at radius 3 is 2.28 bits per heavy atom. The molecule has 14 heteroatoms. The number of hydrogen-bond acceptors (Lipinski definition) is 7. The second-order valence-electron chi connectivity index (χ2n) is 4.51.